The molecule has 0 aliphatic rings. The molecule has 0 bridgehead atoms. The standard InChI is InChI=1S/C11H17NO2/c1-8(7-12)10-6-9(13-2)4-5-11(10)14-3/h4-6,8H,7,12H2,1-3H3. The van der Waals surface area contributed by atoms with E-state index in [1.807, 2.05) is 18.2 Å². The van der Waals surface area contributed by atoms with Crippen molar-refractivity contribution >= 4 is 0 Å². The second kappa shape index (κ2) is 4.86. The van der Waals surface area contributed by atoms with E-state index in [0.29, 0.717) is 6.54 Å². The SMILES string of the molecule is COc1ccc(OC)c(C(C)CN)c1. The molecular formula is C11H17NO2. The summed E-state index contributed by atoms with van der Waals surface area (Å²) in [6, 6.07) is 5.75. The van der Waals surface area contributed by atoms with E-state index < -0.39 is 0 Å². The molecule has 0 saturated carbocycles. The highest BCUT2D eigenvalue weighted by atomic mass is 16.5. The van der Waals surface area contributed by atoms with Gasteiger partial charge in [0.1, 0.15) is 11.5 Å². The van der Waals surface area contributed by atoms with Crippen LogP contribution < -0.4 is 15.2 Å². The lowest BCUT2D eigenvalue weighted by molar-refractivity contribution is 0.396. The largest absolute Gasteiger partial charge is 0.497 e. The zero-order chi connectivity index (χ0) is 10.6. The molecule has 14 heavy (non-hydrogen) atoms. The summed E-state index contributed by atoms with van der Waals surface area (Å²) in [5.41, 5.74) is 6.71. The van der Waals surface area contributed by atoms with Gasteiger partial charge in [-0.15, -0.1) is 0 Å². The van der Waals surface area contributed by atoms with Crippen molar-refractivity contribution in [3.05, 3.63) is 23.8 Å². The topological polar surface area (TPSA) is 44.5 Å². The van der Waals surface area contributed by atoms with Gasteiger partial charge in [-0.05, 0) is 30.7 Å². The first-order valence-corrected chi connectivity index (χ1v) is 4.65. The Labute approximate surface area is 84.8 Å². The lowest BCUT2D eigenvalue weighted by Gasteiger charge is -2.14. The highest BCUT2D eigenvalue weighted by Crippen LogP contribution is 2.29. The van der Waals surface area contributed by atoms with Gasteiger partial charge in [0.25, 0.3) is 0 Å². The summed E-state index contributed by atoms with van der Waals surface area (Å²) in [7, 11) is 3.31. The Bertz CT molecular complexity index is 299. The molecule has 3 nitrogen and oxygen atoms in total. The van der Waals surface area contributed by atoms with Crippen LogP contribution >= 0.6 is 0 Å². The fourth-order valence-electron chi connectivity index (χ4n) is 1.35. The maximum absolute atomic E-state index is 5.62. The number of hydrogen-bond acceptors (Lipinski definition) is 3. The maximum atomic E-state index is 5.62. The van der Waals surface area contributed by atoms with Crippen LogP contribution in [0.3, 0.4) is 0 Å². The average molecular weight is 195 g/mol. The van der Waals surface area contributed by atoms with Crippen LogP contribution in [0.5, 0.6) is 11.5 Å². The zero-order valence-corrected chi connectivity index (χ0v) is 8.91. The molecule has 0 amide bonds. The van der Waals surface area contributed by atoms with Crippen molar-refractivity contribution in [3.8, 4) is 11.5 Å². The smallest absolute Gasteiger partial charge is 0.122 e. The molecule has 0 radical (unpaired) electrons. The van der Waals surface area contributed by atoms with Crippen LogP contribution in [0.1, 0.15) is 18.4 Å². The maximum Gasteiger partial charge on any atom is 0.122 e. The van der Waals surface area contributed by atoms with Gasteiger partial charge in [0.05, 0.1) is 14.2 Å². The van der Waals surface area contributed by atoms with Crippen molar-refractivity contribution in [2.24, 2.45) is 5.73 Å². The van der Waals surface area contributed by atoms with E-state index in [1.54, 1.807) is 14.2 Å². The fraction of sp³-hybridized carbons (Fsp3) is 0.455. The quantitative estimate of drug-likeness (QED) is 0.796. The Kier molecular flexibility index (Phi) is 3.77. The summed E-state index contributed by atoms with van der Waals surface area (Å²) in [5, 5.41) is 0. The molecule has 1 unspecified atom stereocenters. The zero-order valence-electron chi connectivity index (χ0n) is 8.91. The number of benzene rings is 1. The first-order valence-electron chi connectivity index (χ1n) is 4.65. The summed E-state index contributed by atoms with van der Waals surface area (Å²) in [5.74, 6) is 1.98. The van der Waals surface area contributed by atoms with Gasteiger partial charge >= 0.3 is 0 Å². The third-order valence-electron chi connectivity index (χ3n) is 2.32. The van der Waals surface area contributed by atoms with Gasteiger partial charge in [0.2, 0.25) is 0 Å². The molecule has 0 spiro atoms. The summed E-state index contributed by atoms with van der Waals surface area (Å²) < 4.78 is 10.4. The first-order chi connectivity index (χ1) is 6.72. The predicted molar refractivity (Wildman–Crippen MR) is 57.0 cm³/mol. The third-order valence-corrected chi connectivity index (χ3v) is 2.32. The molecule has 0 saturated heterocycles. The molecule has 78 valence electrons. The Morgan fingerprint density at radius 2 is 2.00 bits per heavy atom. The summed E-state index contributed by atoms with van der Waals surface area (Å²) in [4.78, 5) is 0. The van der Waals surface area contributed by atoms with Crippen molar-refractivity contribution < 1.29 is 9.47 Å². The second-order valence-corrected chi connectivity index (χ2v) is 3.24. The van der Waals surface area contributed by atoms with E-state index in [1.165, 1.54) is 0 Å². The van der Waals surface area contributed by atoms with Gasteiger partial charge in [0.15, 0.2) is 0 Å². The van der Waals surface area contributed by atoms with Crippen LogP contribution in [-0.2, 0) is 0 Å². The minimum Gasteiger partial charge on any atom is -0.497 e. The minimum atomic E-state index is 0.278. The van der Waals surface area contributed by atoms with Crippen LogP contribution in [0.15, 0.2) is 18.2 Å². The molecule has 0 heterocycles. The molecule has 0 fully saturated rings. The van der Waals surface area contributed by atoms with Crippen LogP contribution in [0.25, 0.3) is 0 Å². The Hall–Kier alpha value is -1.22. The van der Waals surface area contributed by atoms with E-state index >= 15 is 0 Å². The van der Waals surface area contributed by atoms with E-state index in [-0.39, 0.29) is 5.92 Å². The normalized spacial score (nSPS) is 12.3. The van der Waals surface area contributed by atoms with Gasteiger partial charge in [-0.2, -0.15) is 0 Å². The molecule has 1 rings (SSSR count). The molecule has 0 aliphatic heterocycles. The minimum absolute atomic E-state index is 0.278. The molecule has 1 aromatic carbocycles. The summed E-state index contributed by atoms with van der Waals surface area (Å²) in [6.07, 6.45) is 0. The van der Waals surface area contributed by atoms with E-state index in [0.717, 1.165) is 17.1 Å². The van der Waals surface area contributed by atoms with Crippen molar-refractivity contribution in [3.63, 3.8) is 0 Å². The Morgan fingerprint density at radius 3 is 2.50 bits per heavy atom. The number of rotatable bonds is 4. The second-order valence-electron chi connectivity index (χ2n) is 3.24. The highest BCUT2D eigenvalue weighted by molar-refractivity contribution is 5.42. The van der Waals surface area contributed by atoms with Gasteiger partial charge in [-0.3, -0.25) is 0 Å². The first kappa shape index (κ1) is 10.9. The lowest BCUT2D eigenvalue weighted by atomic mass is 10.00. The molecule has 1 atom stereocenters. The lowest BCUT2D eigenvalue weighted by Crippen LogP contribution is -2.10. The van der Waals surface area contributed by atoms with Crippen molar-refractivity contribution in [1.29, 1.82) is 0 Å². The number of ether oxygens (including phenoxy) is 2. The number of methoxy groups -OCH3 is 2. The molecular weight excluding hydrogens is 178 g/mol. The fourth-order valence-corrected chi connectivity index (χ4v) is 1.35. The number of hydrogen-bond donors (Lipinski definition) is 1. The van der Waals surface area contributed by atoms with E-state index in [9.17, 15) is 0 Å². The Balaban J connectivity index is 3.08. The van der Waals surface area contributed by atoms with Gasteiger partial charge in [-0.1, -0.05) is 6.92 Å². The Morgan fingerprint density at radius 1 is 1.29 bits per heavy atom. The summed E-state index contributed by atoms with van der Waals surface area (Å²) in [6.45, 7) is 2.67. The molecule has 0 aliphatic carbocycles. The summed E-state index contributed by atoms with van der Waals surface area (Å²) >= 11 is 0. The molecule has 2 N–H and O–H groups in total. The van der Waals surface area contributed by atoms with Gasteiger partial charge in [-0.25, -0.2) is 0 Å². The van der Waals surface area contributed by atoms with Crippen molar-refractivity contribution in [2.75, 3.05) is 20.8 Å². The van der Waals surface area contributed by atoms with Crippen LogP contribution in [0, 0.1) is 0 Å². The van der Waals surface area contributed by atoms with E-state index in [2.05, 4.69) is 6.92 Å². The monoisotopic (exact) mass is 195 g/mol. The highest BCUT2D eigenvalue weighted by Gasteiger charge is 2.10. The van der Waals surface area contributed by atoms with Crippen LogP contribution in [-0.4, -0.2) is 20.8 Å². The molecule has 0 aromatic heterocycles. The van der Waals surface area contributed by atoms with Crippen LogP contribution in [0.2, 0.25) is 0 Å². The average Bonchev–Trinajstić information content (AvgIpc) is 2.27. The van der Waals surface area contributed by atoms with Gasteiger partial charge < -0.3 is 15.2 Å². The van der Waals surface area contributed by atoms with Gasteiger partial charge in [0, 0.05) is 5.56 Å². The van der Waals surface area contributed by atoms with Crippen LogP contribution in [0.4, 0.5) is 0 Å². The molecule has 3 heteroatoms. The van der Waals surface area contributed by atoms with Crippen molar-refractivity contribution in [2.45, 2.75) is 12.8 Å². The predicted octanol–water partition coefficient (Wildman–Crippen LogP) is 1.77. The van der Waals surface area contributed by atoms with Crippen molar-refractivity contribution in [1.82, 2.24) is 0 Å². The van der Waals surface area contributed by atoms with E-state index in [4.69, 9.17) is 15.2 Å². The number of nitrogens with two attached hydrogens (primary N) is 1. The third kappa shape index (κ3) is 2.17. The molecule has 1 aromatic rings.